The van der Waals surface area contributed by atoms with Crippen molar-refractivity contribution in [3.8, 4) is 0 Å². The molecule has 0 aliphatic carbocycles. The van der Waals surface area contributed by atoms with E-state index in [0.717, 1.165) is 0 Å². The summed E-state index contributed by atoms with van der Waals surface area (Å²) in [6.07, 6.45) is 0.395. The molecule has 0 amide bonds. The van der Waals surface area contributed by atoms with Crippen LogP contribution in [0.3, 0.4) is 0 Å². The molecule has 2 N–H and O–H groups in total. The van der Waals surface area contributed by atoms with Crippen LogP contribution in [0.4, 0.5) is 10.1 Å². The quantitative estimate of drug-likeness (QED) is 0.805. The first-order chi connectivity index (χ1) is 8.58. The predicted octanol–water partition coefficient (Wildman–Crippen LogP) is 2.47. The van der Waals surface area contributed by atoms with Crippen molar-refractivity contribution in [2.45, 2.75) is 25.0 Å². The third-order valence-corrected chi connectivity index (χ3v) is 3.95. The topological polar surface area (TPSA) is 58.6 Å². The van der Waals surface area contributed by atoms with Crippen LogP contribution < -0.4 is 5.32 Å². The average Bonchev–Trinajstić information content (AvgIpc) is 2.80. The molecule has 0 spiro atoms. The number of ether oxygens (including phenoxy) is 1. The van der Waals surface area contributed by atoms with Crippen molar-refractivity contribution >= 4 is 34.2 Å². The second kappa shape index (κ2) is 5.83. The highest BCUT2D eigenvalue weighted by molar-refractivity contribution is 14.1. The molecule has 1 aliphatic heterocycles. The average molecular weight is 365 g/mol. The summed E-state index contributed by atoms with van der Waals surface area (Å²) < 4.78 is 19.2. The Balaban J connectivity index is 1.89. The molecule has 0 radical (unpaired) electrons. The monoisotopic (exact) mass is 365 g/mol. The first-order valence-electron chi connectivity index (χ1n) is 5.64. The van der Waals surface area contributed by atoms with Crippen molar-refractivity contribution in [1.29, 1.82) is 0 Å². The van der Waals surface area contributed by atoms with Crippen LogP contribution in [0, 0.1) is 9.39 Å². The molecule has 18 heavy (non-hydrogen) atoms. The summed E-state index contributed by atoms with van der Waals surface area (Å²) in [4.78, 5) is 10.7. The van der Waals surface area contributed by atoms with E-state index in [4.69, 9.17) is 9.84 Å². The standard InChI is InChI=1S/C12H13FINO3/c13-8-2-1-3-9(11(8)14)15-6-7-4-5-10(18-7)12(16)17/h1-3,7,10,15H,4-6H2,(H,16,17). The number of halogens is 2. The maximum Gasteiger partial charge on any atom is 0.332 e. The molecule has 98 valence electrons. The van der Waals surface area contributed by atoms with E-state index in [0.29, 0.717) is 28.6 Å². The van der Waals surface area contributed by atoms with Gasteiger partial charge in [-0.3, -0.25) is 0 Å². The van der Waals surface area contributed by atoms with Gasteiger partial charge in [-0.1, -0.05) is 6.07 Å². The first kappa shape index (κ1) is 13.5. The van der Waals surface area contributed by atoms with Gasteiger partial charge in [0, 0.05) is 6.54 Å². The largest absolute Gasteiger partial charge is 0.479 e. The highest BCUT2D eigenvalue weighted by Gasteiger charge is 2.30. The minimum atomic E-state index is -0.919. The summed E-state index contributed by atoms with van der Waals surface area (Å²) in [6, 6.07) is 4.82. The Labute approximate surface area is 118 Å². The van der Waals surface area contributed by atoms with Crippen molar-refractivity contribution in [1.82, 2.24) is 0 Å². The summed E-state index contributed by atoms with van der Waals surface area (Å²) in [5.41, 5.74) is 0.706. The van der Waals surface area contributed by atoms with Gasteiger partial charge in [0.05, 0.1) is 15.4 Å². The van der Waals surface area contributed by atoms with Gasteiger partial charge in [-0.25, -0.2) is 9.18 Å². The van der Waals surface area contributed by atoms with Crippen LogP contribution in [0.2, 0.25) is 0 Å². The number of benzene rings is 1. The van der Waals surface area contributed by atoms with Crippen molar-refractivity contribution in [3.63, 3.8) is 0 Å². The van der Waals surface area contributed by atoms with Gasteiger partial charge in [-0.15, -0.1) is 0 Å². The van der Waals surface area contributed by atoms with Crippen LogP contribution in [0.15, 0.2) is 18.2 Å². The Morgan fingerprint density at radius 1 is 1.56 bits per heavy atom. The Kier molecular flexibility index (Phi) is 4.39. The number of rotatable bonds is 4. The lowest BCUT2D eigenvalue weighted by atomic mass is 10.2. The maximum absolute atomic E-state index is 13.3. The van der Waals surface area contributed by atoms with Crippen molar-refractivity contribution in [2.75, 3.05) is 11.9 Å². The molecule has 1 aliphatic rings. The lowest BCUT2D eigenvalue weighted by molar-refractivity contribution is -0.149. The molecule has 1 heterocycles. The SMILES string of the molecule is O=C(O)C1CCC(CNc2cccc(F)c2I)O1. The second-order valence-corrected chi connectivity index (χ2v) is 5.22. The van der Waals surface area contributed by atoms with Crippen LogP contribution in [0.5, 0.6) is 0 Å². The van der Waals surface area contributed by atoms with E-state index in [-0.39, 0.29) is 11.9 Å². The van der Waals surface area contributed by atoms with Gasteiger partial charge in [0.2, 0.25) is 0 Å². The fourth-order valence-electron chi connectivity index (χ4n) is 1.90. The number of aliphatic carboxylic acids is 1. The molecular formula is C12H13FINO3. The van der Waals surface area contributed by atoms with Crippen LogP contribution in [-0.2, 0) is 9.53 Å². The molecule has 0 aromatic heterocycles. The third kappa shape index (κ3) is 3.11. The van der Waals surface area contributed by atoms with E-state index < -0.39 is 12.1 Å². The summed E-state index contributed by atoms with van der Waals surface area (Å²) in [5.74, 6) is -1.19. The molecule has 1 fully saturated rings. The number of anilines is 1. The zero-order valence-electron chi connectivity index (χ0n) is 9.53. The van der Waals surface area contributed by atoms with E-state index in [9.17, 15) is 9.18 Å². The Morgan fingerprint density at radius 2 is 2.33 bits per heavy atom. The van der Waals surface area contributed by atoms with Crippen LogP contribution in [0.1, 0.15) is 12.8 Å². The van der Waals surface area contributed by atoms with E-state index >= 15 is 0 Å². The van der Waals surface area contributed by atoms with E-state index in [2.05, 4.69) is 5.32 Å². The number of carbonyl (C=O) groups is 1. The molecule has 4 nitrogen and oxygen atoms in total. The number of hydrogen-bond acceptors (Lipinski definition) is 3. The van der Waals surface area contributed by atoms with Crippen molar-refractivity contribution in [2.24, 2.45) is 0 Å². The number of carboxylic acid groups (broad SMARTS) is 1. The lowest BCUT2D eigenvalue weighted by Crippen LogP contribution is -2.24. The normalized spacial score (nSPS) is 23.0. The highest BCUT2D eigenvalue weighted by Crippen LogP contribution is 2.23. The van der Waals surface area contributed by atoms with E-state index in [1.807, 2.05) is 22.6 Å². The summed E-state index contributed by atoms with van der Waals surface area (Å²) in [7, 11) is 0. The van der Waals surface area contributed by atoms with Crippen molar-refractivity contribution < 1.29 is 19.0 Å². The summed E-state index contributed by atoms with van der Waals surface area (Å²) in [5, 5.41) is 11.9. The van der Waals surface area contributed by atoms with Crippen LogP contribution in [-0.4, -0.2) is 29.8 Å². The molecule has 1 saturated heterocycles. The Bertz CT molecular complexity index is 455. The zero-order valence-corrected chi connectivity index (χ0v) is 11.7. The molecule has 2 unspecified atom stereocenters. The summed E-state index contributed by atoms with van der Waals surface area (Å²) in [6.45, 7) is 0.489. The molecule has 1 aromatic carbocycles. The van der Waals surface area contributed by atoms with Crippen LogP contribution >= 0.6 is 22.6 Å². The molecule has 0 bridgehead atoms. The Hall–Kier alpha value is -0.890. The smallest absolute Gasteiger partial charge is 0.332 e. The zero-order chi connectivity index (χ0) is 13.1. The molecule has 2 atom stereocenters. The van der Waals surface area contributed by atoms with E-state index in [1.165, 1.54) is 6.07 Å². The predicted molar refractivity (Wildman–Crippen MR) is 73.1 cm³/mol. The third-order valence-electron chi connectivity index (χ3n) is 2.85. The highest BCUT2D eigenvalue weighted by atomic mass is 127. The molecule has 6 heteroatoms. The van der Waals surface area contributed by atoms with Crippen molar-refractivity contribution in [3.05, 3.63) is 27.6 Å². The number of carboxylic acids is 1. The maximum atomic E-state index is 13.3. The molecule has 1 aromatic rings. The lowest BCUT2D eigenvalue weighted by Gasteiger charge is -2.14. The first-order valence-corrected chi connectivity index (χ1v) is 6.72. The van der Waals surface area contributed by atoms with Gasteiger partial charge in [0.1, 0.15) is 5.82 Å². The second-order valence-electron chi connectivity index (χ2n) is 4.14. The number of nitrogens with one attached hydrogen (secondary N) is 1. The Morgan fingerprint density at radius 3 is 3.00 bits per heavy atom. The van der Waals surface area contributed by atoms with Crippen LogP contribution in [0.25, 0.3) is 0 Å². The molecule has 2 rings (SSSR count). The fourth-order valence-corrected chi connectivity index (χ4v) is 2.45. The van der Waals surface area contributed by atoms with Gasteiger partial charge >= 0.3 is 5.97 Å². The van der Waals surface area contributed by atoms with E-state index in [1.54, 1.807) is 12.1 Å². The van der Waals surface area contributed by atoms with Gasteiger partial charge in [-0.05, 0) is 47.6 Å². The van der Waals surface area contributed by atoms with Gasteiger partial charge < -0.3 is 15.2 Å². The molecule has 0 saturated carbocycles. The summed E-state index contributed by atoms with van der Waals surface area (Å²) >= 11 is 1.93. The number of hydrogen-bond donors (Lipinski definition) is 2. The van der Waals surface area contributed by atoms with Gasteiger partial charge in [0.15, 0.2) is 6.10 Å². The van der Waals surface area contributed by atoms with Gasteiger partial charge in [-0.2, -0.15) is 0 Å². The minimum absolute atomic E-state index is 0.134. The minimum Gasteiger partial charge on any atom is -0.479 e. The fraction of sp³-hybridized carbons (Fsp3) is 0.417. The van der Waals surface area contributed by atoms with Gasteiger partial charge in [0.25, 0.3) is 0 Å². The molecular weight excluding hydrogens is 352 g/mol.